The van der Waals surface area contributed by atoms with Gasteiger partial charge in [0.25, 0.3) is 0 Å². The molecule has 66 heavy (non-hydrogen) atoms. The number of hydrogen-bond donors (Lipinski definition) is 4. The van der Waals surface area contributed by atoms with Gasteiger partial charge >= 0.3 is 94.4 Å². The molecule has 2 aromatic carbocycles. The molecule has 3 aliphatic heterocycles. The maximum atomic E-state index is 13.9. The number of aromatic nitrogens is 1. The number of carbonyl (C=O) groups excluding carboxylic acids is 2. The van der Waals surface area contributed by atoms with Gasteiger partial charge in [-0.2, -0.15) is 13.2 Å². The number of alkyl halides is 3. The molecule has 2 saturated heterocycles. The van der Waals surface area contributed by atoms with E-state index in [2.05, 4.69) is 31.2 Å². The number of nitrogens with one attached hydrogen (secondary N) is 2. The van der Waals surface area contributed by atoms with Gasteiger partial charge in [0.2, 0.25) is 11.8 Å². The van der Waals surface area contributed by atoms with E-state index in [1.807, 2.05) is 70.9 Å². The minimum absolute atomic E-state index is 0.00295. The third-order valence-corrected chi connectivity index (χ3v) is 16.6. The monoisotopic (exact) mass is 1030 g/mol. The van der Waals surface area contributed by atoms with Crippen LogP contribution < -0.4 is 19.1 Å². The first-order valence-corrected chi connectivity index (χ1v) is 32.1. The van der Waals surface area contributed by atoms with Crippen LogP contribution in [0.2, 0.25) is 14.8 Å². The number of aliphatic hydroxyl groups excluding tert-OH is 2. The number of para-hydroxylation sites is 1. The fourth-order valence-corrected chi connectivity index (χ4v) is 11.1. The van der Waals surface area contributed by atoms with Crippen molar-refractivity contribution in [3.8, 4) is 17.1 Å². The molecule has 4 N–H and O–H groups in total. The van der Waals surface area contributed by atoms with E-state index in [1.165, 1.54) is 3.78 Å². The van der Waals surface area contributed by atoms with Crippen molar-refractivity contribution in [1.82, 2.24) is 25.4 Å². The molecule has 5 aromatic rings. The molecule has 0 bridgehead atoms. The zero-order valence-electron chi connectivity index (χ0n) is 37.3. The second kappa shape index (κ2) is 22.4. The van der Waals surface area contributed by atoms with Crippen LogP contribution in [0.5, 0.6) is 5.75 Å². The molecule has 0 spiro atoms. The molecular formula is C48H58F3N5O9Sn. The van der Waals surface area contributed by atoms with Gasteiger partial charge in [0.15, 0.2) is 0 Å². The van der Waals surface area contributed by atoms with Gasteiger partial charge in [-0.3, -0.25) is 24.4 Å². The number of fused-ring (bicyclic) bond motifs is 1. The molecule has 8 rings (SSSR count). The van der Waals surface area contributed by atoms with E-state index in [0.717, 1.165) is 16.9 Å². The molecule has 0 aliphatic carbocycles. The summed E-state index contributed by atoms with van der Waals surface area (Å²) in [6, 6.07) is 26.1. The zero-order chi connectivity index (χ0) is 46.8. The Morgan fingerprint density at radius 3 is 2.35 bits per heavy atom. The van der Waals surface area contributed by atoms with Crippen LogP contribution in [0, 0.1) is 5.92 Å². The molecular weight excluding hydrogens is 966 g/mol. The Hall–Kier alpha value is -4.76. The summed E-state index contributed by atoms with van der Waals surface area (Å²) < 4.78 is 68.7. The summed E-state index contributed by atoms with van der Waals surface area (Å²) in [5, 5.41) is 27.2. The number of aliphatic hydroxyl groups is 2. The van der Waals surface area contributed by atoms with Crippen LogP contribution in [-0.2, 0) is 32.0 Å². The van der Waals surface area contributed by atoms with Crippen LogP contribution in [-0.4, -0.2) is 132 Å². The number of hydrogen-bond acceptors (Lipinski definition) is 12. The van der Waals surface area contributed by atoms with Gasteiger partial charge in [-0.25, -0.2) is 0 Å². The molecule has 354 valence electrons. The standard InChI is InChI=1S/C38H42F3N5O6.C7H7O3.3CH3.Sn/c39-38(40,41)24-43-37(50)31-22-45(21-29-10-11-33(52-29)26-12-14-42-15-13-26)16-17-46(31)20-28(47)19-27(18-25-6-2-1-3-7-25)36(49)44-35-30-8-4-5-9-34(30)51-23-32(35)48;1-2-6(8-3-1)7-9-4-5-10-7;;;;/h1-15,27-28,31-32,35,47-48H,16-24H2,(H,43,50)(H,44,49);1-2,7H,4-5H2;3*1H3;/t27-,28+,31+,32-,35+;;;;;/m1...../s1. The van der Waals surface area contributed by atoms with Crippen LogP contribution in [0.15, 0.2) is 112 Å². The molecule has 0 unspecified atom stereocenters. The SMILES string of the molecule is O=C(N[C@H]1c2ccccc2OC[C@H]1O)[C@H](Cc1ccccc1)C[C@H](O)CN1CCN(Cc2ccc(-c3ccncc3)o2)C[C@H]1C(=O)NCC(F)(F)F.[CH3][Sn]([CH3])([CH3])[c]1ccc(C2OCCO2)o1. The average Bonchev–Trinajstić information content (AvgIpc) is 4.11. The summed E-state index contributed by atoms with van der Waals surface area (Å²) in [5.41, 5.74) is 2.35. The van der Waals surface area contributed by atoms with Crippen LogP contribution in [0.3, 0.4) is 0 Å². The second-order valence-corrected chi connectivity index (χ2v) is 32.0. The van der Waals surface area contributed by atoms with E-state index in [9.17, 15) is 33.0 Å². The van der Waals surface area contributed by atoms with Crippen molar-refractivity contribution >= 4 is 34.0 Å². The van der Waals surface area contributed by atoms with E-state index in [-0.39, 0.29) is 44.9 Å². The molecule has 2 fully saturated rings. The van der Waals surface area contributed by atoms with Crippen LogP contribution >= 0.6 is 0 Å². The van der Waals surface area contributed by atoms with Gasteiger partial charge < -0.3 is 30.0 Å². The van der Waals surface area contributed by atoms with Crippen molar-refractivity contribution in [2.24, 2.45) is 5.92 Å². The summed E-state index contributed by atoms with van der Waals surface area (Å²) >= 11 is -2.05. The number of benzene rings is 2. The third kappa shape index (κ3) is 13.7. The first kappa shape index (κ1) is 49.2. The van der Waals surface area contributed by atoms with Crippen LogP contribution in [0.25, 0.3) is 11.3 Å². The number of ether oxygens (including phenoxy) is 3. The second-order valence-electron chi connectivity index (χ2n) is 17.8. The number of amides is 2. The Bertz CT molecular complexity index is 2320. The first-order valence-electron chi connectivity index (χ1n) is 22.1. The van der Waals surface area contributed by atoms with Crippen molar-refractivity contribution in [2.75, 3.05) is 52.5 Å². The van der Waals surface area contributed by atoms with E-state index >= 15 is 0 Å². The van der Waals surface area contributed by atoms with Crippen molar-refractivity contribution in [3.05, 3.63) is 126 Å². The van der Waals surface area contributed by atoms with Gasteiger partial charge in [0.1, 0.15) is 42.6 Å². The number of carbonyl (C=O) groups is 2. The Kier molecular flexibility index (Phi) is 16.6. The Balaban J connectivity index is 0.000000392. The van der Waals surface area contributed by atoms with Crippen molar-refractivity contribution in [3.63, 3.8) is 0 Å². The topological polar surface area (TPSA) is 172 Å². The van der Waals surface area contributed by atoms with E-state index in [1.54, 1.807) is 41.6 Å². The van der Waals surface area contributed by atoms with Gasteiger partial charge in [-0.1, -0.05) is 48.5 Å². The molecule has 6 heterocycles. The van der Waals surface area contributed by atoms with Gasteiger partial charge in [0, 0.05) is 55.6 Å². The van der Waals surface area contributed by atoms with E-state index in [0.29, 0.717) is 55.6 Å². The molecule has 3 aliphatic rings. The summed E-state index contributed by atoms with van der Waals surface area (Å²) in [6.07, 6.45) is -3.36. The number of piperazine rings is 1. The first-order chi connectivity index (χ1) is 31.6. The van der Waals surface area contributed by atoms with E-state index < -0.39 is 67.2 Å². The Morgan fingerprint density at radius 1 is 0.909 bits per heavy atom. The van der Waals surface area contributed by atoms with Gasteiger partial charge in [-0.15, -0.1) is 0 Å². The quantitative estimate of drug-likeness (QED) is 0.0960. The number of nitrogens with zero attached hydrogens (tertiary/aromatic N) is 3. The summed E-state index contributed by atoms with van der Waals surface area (Å²) in [6.45, 7) is 0.957. The zero-order valence-corrected chi connectivity index (χ0v) is 40.1. The molecule has 2 amide bonds. The molecule has 5 atom stereocenters. The predicted molar refractivity (Wildman–Crippen MR) is 241 cm³/mol. The fourth-order valence-electron chi connectivity index (χ4n) is 8.20. The summed E-state index contributed by atoms with van der Waals surface area (Å²) in [7, 11) is 0. The number of halogens is 3. The normalized spacial score (nSPS) is 20.3. The molecule has 3 aromatic heterocycles. The molecule has 0 radical (unpaired) electrons. The number of pyridine rings is 1. The van der Waals surface area contributed by atoms with E-state index in [4.69, 9.17) is 23.0 Å². The Morgan fingerprint density at radius 2 is 1.64 bits per heavy atom. The minimum atomic E-state index is -4.59. The maximum absolute atomic E-state index is 13.9. The average molecular weight is 1020 g/mol. The predicted octanol–water partition coefficient (Wildman–Crippen LogP) is 5.60. The number of rotatable bonds is 15. The van der Waals surface area contributed by atoms with Gasteiger partial charge in [0.05, 0.1) is 18.7 Å². The van der Waals surface area contributed by atoms with Crippen LogP contribution in [0.4, 0.5) is 13.2 Å². The number of β-amino-alcohol motifs (C(OH)–C–C–N with tert-alkyl or cyclic N) is 1. The summed E-state index contributed by atoms with van der Waals surface area (Å²) in [4.78, 5) is 41.7. The van der Waals surface area contributed by atoms with Gasteiger partial charge in [-0.05, 0) is 48.7 Å². The van der Waals surface area contributed by atoms with Crippen molar-refractivity contribution < 1.29 is 56.0 Å². The number of furan rings is 2. The molecule has 18 heteroatoms. The summed E-state index contributed by atoms with van der Waals surface area (Å²) in [5.74, 6) is 0.739. The van der Waals surface area contributed by atoms with Crippen molar-refractivity contribution in [2.45, 2.75) is 71.0 Å². The fraction of sp³-hybridized carbons (Fsp3) is 0.438. The Labute approximate surface area is 386 Å². The third-order valence-electron chi connectivity index (χ3n) is 11.6. The molecule has 0 saturated carbocycles. The van der Waals surface area contributed by atoms with Crippen LogP contribution in [0.1, 0.15) is 41.4 Å². The van der Waals surface area contributed by atoms with Crippen molar-refractivity contribution in [1.29, 1.82) is 0 Å². The molecule has 14 nitrogen and oxygen atoms in total.